The molecule has 0 aromatic heterocycles. The van der Waals surface area contributed by atoms with Crippen molar-refractivity contribution in [3.8, 4) is 11.5 Å². The van der Waals surface area contributed by atoms with E-state index < -0.39 is 11.8 Å². The molecule has 0 unspecified atom stereocenters. The van der Waals surface area contributed by atoms with E-state index in [9.17, 15) is 9.59 Å². The van der Waals surface area contributed by atoms with Crippen molar-refractivity contribution in [3.63, 3.8) is 0 Å². The molecule has 1 N–H and O–H groups in total. The highest BCUT2D eigenvalue weighted by molar-refractivity contribution is 9.10. The van der Waals surface area contributed by atoms with Crippen LogP contribution < -0.4 is 14.9 Å². The zero-order valence-corrected chi connectivity index (χ0v) is 24.1. The summed E-state index contributed by atoms with van der Waals surface area (Å²) < 4.78 is 13.4. The minimum absolute atomic E-state index is 0.217. The van der Waals surface area contributed by atoms with Crippen molar-refractivity contribution >= 4 is 89.7 Å². The summed E-state index contributed by atoms with van der Waals surface area (Å²) in [7, 11) is 1.55. The summed E-state index contributed by atoms with van der Waals surface area (Å²) in [6.07, 6.45) is 1.68. The average Bonchev–Trinajstić information content (AvgIpc) is 3.11. The SMILES string of the molecule is COc1cc(/C=C2/SC(=S)N(NC(=O)c3ccc(Cl)cc3)C2=O)cc(Br)c1OCc1ccc(Br)cc1. The average molecular weight is 669 g/mol. The molecule has 0 spiro atoms. The van der Waals surface area contributed by atoms with Crippen LogP contribution in [0.4, 0.5) is 0 Å². The van der Waals surface area contributed by atoms with Crippen molar-refractivity contribution in [3.05, 3.63) is 96.2 Å². The zero-order valence-electron chi connectivity index (χ0n) is 18.6. The number of benzene rings is 3. The minimum Gasteiger partial charge on any atom is -0.493 e. The van der Waals surface area contributed by atoms with Gasteiger partial charge in [-0.05, 0) is 93.9 Å². The molecule has 0 saturated carbocycles. The number of hydrogen-bond acceptors (Lipinski definition) is 6. The standard InChI is InChI=1S/C25H17Br2ClN2O4S2/c1-33-20-11-15(10-19(27)22(20)34-13-14-2-6-17(26)7-3-14)12-21-24(32)30(25(35)36-21)29-23(31)16-4-8-18(28)9-5-16/h2-12H,13H2,1H3,(H,29,31)/b21-12+. The third-order valence-electron chi connectivity index (χ3n) is 4.96. The normalized spacial score (nSPS) is 14.3. The fourth-order valence-electron chi connectivity index (χ4n) is 3.18. The maximum atomic E-state index is 13.0. The topological polar surface area (TPSA) is 67.9 Å². The van der Waals surface area contributed by atoms with Gasteiger partial charge in [-0.15, -0.1) is 0 Å². The second-order valence-corrected chi connectivity index (χ2v) is 11.3. The lowest BCUT2D eigenvalue weighted by Gasteiger charge is -2.15. The number of nitrogens with zero attached hydrogens (tertiary/aromatic N) is 1. The van der Waals surface area contributed by atoms with Gasteiger partial charge in [0.2, 0.25) is 0 Å². The van der Waals surface area contributed by atoms with Gasteiger partial charge in [0.1, 0.15) is 6.61 Å². The van der Waals surface area contributed by atoms with Crippen LogP contribution in [0.5, 0.6) is 11.5 Å². The second kappa shape index (κ2) is 11.8. The van der Waals surface area contributed by atoms with Gasteiger partial charge in [0.05, 0.1) is 16.5 Å². The molecule has 0 bridgehead atoms. The minimum atomic E-state index is -0.471. The summed E-state index contributed by atoms with van der Waals surface area (Å²) in [6.45, 7) is 0.355. The van der Waals surface area contributed by atoms with Crippen LogP contribution in [0.25, 0.3) is 6.08 Å². The number of halogens is 3. The van der Waals surface area contributed by atoms with Gasteiger partial charge >= 0.3 is 0 Å². The van der Waals surface area contributed by atoms with Gasteiger partial charge in [0, 0.05) is 15.1 Å². The highest BCUT2D eigenvalue weighted by Crippen LogP contribution is 2.39. The monoisotopic (exact) mass is 666 g/mol. The van der Waals surface area contributed by atoms with E-state index in [1.807, 2.05) is 30.3 Å². The lowest BCUT2D eigenvalue weighted by molar-refractivity contribution is -0.123. The van der Waals surface area contributed by atoms with Crippen LogP contribution in [0.15, 0.2) is 74.5 Å². The number of hydrazine groups is 1. The predicted octanol–water partition coefficient (Wildman–Crippen LogP) is 7.00. The third kappa shape index (κ3) is 6.30. The molecule has 6 nitrogen and oxygen atoms in total. The molecule has 3 aromatic carbocycles. The van der Waals surface area contributed by atoms with Crippen LogP contribution in [0, 0.1) is 0 Å². The first-order valence-corrected chi connectivity index (χ1v) is 13.5. The van der Waals surface area contributed by atoms with E-state index >= 15 is 0 Å². The first-order chi connectivity index (χ1) is 17.2. The molecule has 4 rings (SSSR count). The number of thiocarbonyl (C=S) groups is 1. The molecule has 11 heteroatoms. The molecule has 1 saturated heterocycles. The second-order valence-electron chi connectivity index (χ2n) is 7.41. The number of carbonyl (C=O) groups is 2. The van der Waals surface area contributed by atoms with Crippen molar-refractivity contribution in [2.45, 2.75) is 6.61 Å². The summed E-state index contributed by atoms with van der Waals surface area (Å²) >= 11 is 19.2. The zero-order chi connectivity index (χ0) is 25.8. The molecule has 0 aliphatic carbocycles. The molecule has 1 aliphatic heterocycles. The lowest BCUT2D eigenvalue weighted by atomic mass is 10.1. The lowest BCUT2D eigenvalue weighted by Crippen LogP contribution is -2.44. The smallest absolute Gasteiger partial charge is 0.285 e. The Kier molecular flexibility index (Phi) is 8.74. The van der Waals surface area contributed by atoms with E-state index in [0.717, 1.165) is 26.8 Å². The van der Waals surface area contributed by atoms with E-state index in [4.69, 9.17) is 33.3 Å². The molecule has 184 valence electrons. The predicted molar refractivity (Wildman–Crippen MR) is 153 cm³/mol. The van der Waals surface area contributed by atoms with Crippen LogP contribution in [0.2, 0.25) is 5.02 Å². The Hall–Kier alpha value is -2.37. The van der Waals surface area contributed by atoms with Gasteiger partial charge in [-0.3, -0.25) is 15.0 Å². The Morgan fingerprint density at radius 1 is 1.14 bits per heavy atom. The van der Waals surface area contributed by atoms with Gasteiger partial charge in [-0.2, -0.15) is 5.01 Å². The van der Waals surface area contributed by atoms with E-state index in [2.05, 4.69) is 37.3 Å². The number of ether oxygens (including phenoxy) is 2. The summed E-state index contributed by atoms with van der Waals surface area (Å²) in [4.78, 5) is 25.9. The van der Waals surface area contributed by atoms with Crippen LogP contribution >= 0.6 is 67.4 Å². The molecule has 1 aliphatic rings. The van der Waals surface area contributed by atoms with Gasteiger partial charge < -0.3 is 9.47 Å². The Morgan fingerprint density at radius 3 is 2.50 bits per heavy atom. The first kappa shape index (κ1) is 26.7. The molecule has 0 radical (unpaired) electrons. The third-order valence-corrected chi connectivity index (χ3v) is 7.63. The first-order valence-electron chi connectivity index (χ1n) is 10.3. The number of amides is 2. The molecular formula is C25H17Br2ClN2O4S2. The molecule has 0 atom stereocenters. The van der Waals surface area contributed by atoms with Gasteiger partial charge in [-0.1, -0.05) is 51.4 Å². The number of nitrogens with one attached hydrogen (secondary N) is 1. The van der Waals surface area contributed by atoms with Crippen molar-refractivity contribution in [2.75, 3.05) is 7.11 Å². The summed E-state index contributed by atoms with van der Waals surface area (Å²) in [6, 6.07) is 17.7. The Balaban J connectivity index is 1.50. The van der Waals surface area contributed by atoms with Crippen LogP contribution in [-0.2, 0) is 11.4 Å². The van der Waals surface area contributed by atoms with Crippen molar-refractivity contribution in [1.29, 1.82) is 0 Å². The van der Waals surface area contributed by atoms with Crippen molar-refractivity contribution in [1.82, 2.24) is 10.4 Å². The van der Waals surface area contributed by atoms with E-state index in [1.54, 1.807) is 43.5 Å². The number of carbonyl (C=O) groups excluding carboxylic acids is 2. The maximum Gasteiger partial charge on any atom is 0.285 e. The van der Waals surface area contributed by atoms with Crippen LogP contribution in [-0.4, -0.2) is 28.3 Å². The van der Waals surface area contributed by atoms with E-state index in [0.29, 0.717) is 43.6 Å². The fraction of sp³-hybridized carbons (Fsp3) is 0.0800. The number of hydrogen-bond donors (Lipinski definition) is 1. The van der Waals surface area contributed by atoms with Crippen LogP contribution in [0.3, 0.4) is 0 Å². The van der Waals surface area contributed by atoms with Gasteiger partial charge in [-0.25, -0.2) is 0 Å². The Morgan fingerprint density at radius 2 is 1.83 bits per heavy atom. The fourth-order valence-corrected chi connectivity index (χ4v) is 5.33. The van der Waals surface area contributed by atoms with Crippen molar-refractivity contribution < 1.29 is 19.1 Å². The number of methoxy groups -OCH3 is 1. The maximum absolute atomic E-state index is 13.0. The van der Waals surface area contributed by atoms with Crippen molar-refractivity contribution in [2.24, 2.45) is 0 Å². The van der Waals surface area contributed by atoms with Gasteiger partial charge in [0.25, 0.3) is 11.8 Å². The molecule has 36 heavy (non-hydrogen) atoms. The Labute approximate surface area is 239 Å². The number of thioether (sulfide) groups is 1. The number of rotatable bonds is 7. The Bertz CT molecular complexity index is 1370. The van der Waals surface area contributed by atoms with E-state index in [1.165, 1.54) is 0 Å². The van der Waals surface area contributed by atoms with Gasteiger partial charge in [0.15, 0.2) is 15.8 Å². The van der Waals surface area contributed by atoms with Crippen LogP contribution in [0.1, 0.15) is 21.5 Å². The molecule has 1 fully saturated rings. The summed E-state index contributed by atoms with van der Waals surface area (Å²) in [5.74, 6) is 0.137. The molecule has 2 amide bonds. The highest BCUT2D eigenvalue weighted by Gasteiger charge is 2.34. The molecular weight excluding hydrogens is 652 g/mol. The largest absolute Gasteiger partial charge is 0.493 e. The highest BCUT2D eigenvalue weighted by atomic mass is 79.9. The summed E-state index contributed by atoms with van der Waals surface area (Å²) in [5.41, 5.74) is 4.60. The summed E-state index contributed by atoms with van der Waals surface area (Å²) in [5, 5.41) is 1.57. The quantitative estimate of drug-likeness (QED) is 0.216. The van der Waals surface area contributed by atoms with E-state index in [-0.39, 0.29) is 4.32 Å². The molecule has 3 aromatic rings. The molecule has 1 heterocycles.